The number of alkyl halides is 3. The van der Waals surface area contributed by atoms with Crippen molar-refractivity contribution in [2.75, 3.05) is 11.4 Å². The maximum absolute atomic E-state index is 13.3. The van der Waals surface area contributed by atoms with E-state index in [2.05, 4.69) is 10.2 Å². The Balaban J connectivity index is 2.11. The summed E-state index contributed by atoms with van der Waals surface area (Å²) in [5.74, 6) is -1.18. The normalized spacial score (nSPS) is 18.2. The first kappa shape index (κ1) is 18.2. The van der Waals surface area contributed by atoms with E-state index in [9.17, 15) is 23.1 Å². The number of hydrogen-bond acceptors (Lipinski definition) is 4. The monoisotopic (exact) mass is 368 g/mol. The number of carboxylic acid groups (broad SMARTS) is 1. The molecular weight excluding hydrogens is 349 g/mol. The van der Waals surface area contributed by atoms with Gasteiger partial charge in [-0.15, -0.1) is 15.0 Å². The summed E-state index contributed by atoms with van der Waals surface area (Å²) in [5.41, 5.74) is -1.54. The maximum Gasteiger partial charge on any atom is 0.418 e. The third-order valence-electron chi connectivity index (χ3n) is 4.59. The van der Waals surface area contributed by atoms with Gasteiger partial charge >= 0.3 is 12.1 Å². The molecule has 3 rings (SSSR count). The number of anilines is 1. The maximum atomic E-state index is 13.3. The van der Waals surface area contributed by atoms with E-state index in [0.717, 1.165) is 36.5 Å². The van der Waals surface area contributed by atoms with E-state index in [0.29, 0.717) is 6.54 Å². The lowest BCUT2D eigenvalue weighted by molar-refractivity contribution is -0.137. The van der Waals surface area contributed by atoms with Crippen LogP contribution in [0.25, 0.3) is 5.69 Å². The number of para-hydroxylation sites is 1. The second-order valence-corrected chi connectivity index (χ2v) is 6.23. The number of piperidine rings is 1. The molecule has 0 unspecified atom stereocenters. The van der Waals surface area contributed by atoms with Gasteiger partial charge in [0.2, 0.25) is 5.69 Å². The number of halogens is 3. The average molecular weight is 368 g/mol. The van der Waals surface area contributed by atoms with Crippen LogP contribution in [0.1, 0.15) is 48.7 Å². The molecule has 9 heteroatoms. The Morgan fingerprint density at radius 3 is 2.65 bits per heavy atom. The topological polar surface area (TPSA) is 71.2 Å². The van der Waals surface area contributed by atoms with Gasteiger partial charge in [0.05, 0.1) is 11.3 Å². The SMILES string of the molecule is CC[C@@H]1CCCCN1c1nn(-c2ccccc2C(F)(F)F)nc1C(=O)O. The summed E-state index contributed by atoms with van der Waals surface area (Å²) in [7, 11) is 0. The number of nitrogens with zero attached hydrogens (tertiary/aromatic N) is 4. The quantitative estimate of drug-likeness (QED) is 0.890. The van der Waals surface area contributed by atoms with Gasteiger partial charge in [-0.2, -0.15) is 13.2 Å². The number of hydrogen-bond donors (Lipinski definition) is 1. The smallest absolute Gasteiger partial charge is 0.418 e. The van der Waals surface area contributed by atoms with E-state index in [1.165, 1.54) is 18.2 Å². The minimum Gasteiger partial charge on any atom is -0.476 e. The van der Waals surface area contributed by atoms with Crippen LogP contribution in [0.2, 0.25) is 0 Å². The fourth-order valence-corrected chi connectivity index (χ4v) is 3.33. The zero-order chi connectivity index (χ0) is 18.9. The molecule has 1 N–H and O–H groups in total. The number of aromatic carboxylic acids is 1. The summed E-state index contributed by atoms with van der Waals surface area (Å²) >= 11 is 0. The van der Waals surface area contributed by atoms with Crippen LogP contribution in [0.15, 0.2) is 24.3 Å². The summed E-state index contributed by atoms with van der Waals surface area (Å²) in [6.07, 6.45) is -0.999. The Morgan fingerprint density at radius 1 is 1.27 bits per heavy atom. The summed E-state index contributed by atoms with van der Waals surface area (Å²) in [6, 6.07) is 4.96. The van der Waals surface area contributed by atoms with Crippen molar-refractivity contribution >= 4 is 11.8 Å². The van der Waals surface area contributed by atoms with E-state index in [-0.39, 0.29) is 23.2 Å². The van der Waals surface area contributed by atoms with Crippen molar-refractivity contribution < 1.29 is 23.1 Å². The Kier molecular flexibility index (Phi) is 4.88. The average Bonchev–Trinajstić information content (AvgIpc) is 3.06. The molecule has 140 valence electrons. The second-order valence-electron chi connectivity index (χ2n) is 6.23. The molecule has 0 spiro atoms. The number of benzene rings is 1. The molecule has 1 atom stereocenters. The fourth-order valence-electron chi connectivity index (χ4n) is 3.33. The molecule has 0 aliphatic carbocycles. The summed E-state index contributed by atoms with van der Waals surface area (Å²) < 4.78 is 39.8. The lowest BCUT2D eigenvalue weighted by Gasteiger charge is -2.35. The molecule has 1 aromatic carbocycles. The standard InChI is InChI=1S/C17H19F3N4O2/c1-2-11-7-5-6-10-23(11)15-14(16(25)26)21-24(22-15)13-9-4-3-8-12(13)17(18,19)20/h3-4,8-9,11H,2,5-7,10H2,1H3,(H,25,26)/t11-/m1/s1. The van der Waals surface area contributed by atoms with Crippen molar-refractivity contribution in [1.82, 2.24) is 15.0 Å². The van der Waals surface area contributed by atoms with Crippen molar-refractivity contribution in [2.45, 2.75) is 44.8 Å². The van der Waals surface area contributed by atoms with Crippen LogP contribution in [0, 0.1) is 0 Å². The summed E-state index contributed by atoms with van der Waals surface area (Å²) in [6.45, 7) is 2.60. The predicted octanol–water partition coefficient (Wildman–Crippen LogP) is 3.75. The van der Waals surface area contributed by atoms with Crippen LogP contribution in [-0.2, 0) is 6.18 Å². The molecule has 6 nitrogen and oxygen atoms in total. The van der Waals surface area contributed by atoms with Crippen LogP contribution in [0.3, 0.4) is 0 Å². The Morgan fingerprint density at radius 2 is 2.00 bits per heavy atom. The molecule has 2 aromatic rings. The van der Waals surface area contributed by atoms with Gasteiger partial charge in [-0.1, -0.05) is 19.1 Å². The van der Waals surface area contributed by atoms with Gasteiger partial charge in [0.25, 0.3) is 0 Å². The number of rotatable bonds is 4. The van der Waals surface area contributed by atoms with Crippen LogP contribution < -0.4 is 4.90 Å². The van der Waals surface area contributed by atoms with Crippen molar-refractivity contribution in [2.24, 2.45) is 0 Å². The van der Waals surface area contributed by atoms with E-state index in [1.807, 2.05) is 11.8 Å². The molecule has 2 heterocycles. The number of aromatic nitrogens is 3. The first-order valence-electron chi connectivity index (χ1n) is 8.46. The highest BCUT2D eigenvalue weighted by molar-refractivity contribution is 5.91. The van der Waals surface area contributed by atoms with Crippen molar-refractivity contribution in [3.8, 4) is 5.69 Å². The molecule has 1 fully saturated rings. The molecule has 0 saturated carbocycles. The predicted molar refractivity (Wildman–Crippen MR) is 88.6 cm³/mol. The fraction of sp³-hybridized carbons (Fsp3) is 0.471. The third kappa shape index (κ3) is 3.38. The highest BCUT2D eigenvalue weighted by Gasteiger charge is 2.36. The number of carbonyl (C=O) groups is 1. The molecule has 1 aliphatic rings. The Bertz CT molecular complexity index is 804. The van der Waals surface area contributed by atoms with Gasteiger partial charge in [-0.05, 0) is 37.8 Å². The Hall–Kier alpha value is -2.58. The largest absolute Gasteiger partial charge is 0.476 e. The van der Waals surface area contributed by atoms with Gasteiger partial charge in [0, 0.05) is 12.6 Å². The molecule has 0 amide bonds. The first-order valence-corrected chi connectivity index (χ1v) is 8.46. The van der Waals surface area contributed by atoms with Crippen molar-refractivity contribution in [3.05, 3.63) is 35.5 Å². The molecule has 0 radical (unpaired) electrons. The molecule has 1 aromatic heterocycles. The molecule has 1 aliphatic heterocycles. The minimum atomic E-state index is -4.59. The molecule has 0 bridgehead atoms. The highest BCUT2D eigenvalue weighted by atomic mass is 19.4. The molecular formula is C17H19F3N4O2. The van der Waals surface area contributed by atoms with Gasteiger partial charge in [-0.25, -0.2) is 4.79 Å². The zero-order valence-corrected chi connectivity index (χ0v) is 14.2. The third-order valence-corrected chi connectivity index (χ3v) is 4.59. The Labute approximate surface area is 148 Å². The first-order chi connectivity index (χ1) is 12.3. The van der Waals surface area contributed by atoms with Gasteiger partial charge in [0.1, 0.15) is 0 Å². The lowest BCUT2D eigenvalue weighted by atomic mass is 10.00. The zero-order valence-electron chi connectivity index (χ0n) is 14.2. The minimum absolute atomic E-state index is 0.102. The van der Waals surface area contributed by atoms with Gasteiger partial charge in [0.15, 0.2) is 5.82 Å². The van der Waals surface area contributed by atoms with Crippen molar-refractivity contribution in [1.29, 1.82) is 0 Å². The van der Waals surface area contributed by atoms with Crippen LogP contribution in [0.5, 0.6) is 0 Å². The van der Waals surface area contributed by atoms with E-state index < -0.39 is 17.7 Å². The van der Waals surface area contributed by atoms with Gasteiger partial charge < -0.3 is 10.0 Å². The summed E-state index contributed by atoms with van der Waals surface area (Å²) in [5, 5.41) is 17.5. The second kappa shape index (κ2) is 6.97. The van der Waals surface area contributed by atoms with Crippen LogP contribution in [-0.4, -0.2) is 38.7 Å². The van der Waals surface area contributed by atoms with E-state index in [4.69, 9.17) is 0 Å². The van der Waals surface area contributed by atoms with Gasteiger partial charge in [-0.3, -0.25) is 0 Å². The lowest BCUT2D eigenvalue weighted by Crippen LogP contribution is -2.40. The summed E-state index contributed by atoms with van der Waals surface area (Å²) in [4.78, 5) is 14.3. The molecule has 1 saturated heterocycles. The van der Waals surface area contributed by atoms with Crippen LogP contribution >= 0.6 is 0 Å². The number of carboxylic acids is 1. The highest BCUT2D eigenvalue weighted by Crippen LogP contribution is 2.34. The van der Waals surface area contributed by atoms with E-state index >= 15 is 0 Å². The van der Waals surface area contributed by atoms with E-state index in [1.54, 1.807) is 0 Å². The molecule has 26 heavy (non-hydrogen) atoms. The van der Waals surface area contributed by atoms with Crippen LogP contribution in [0.4, 0.5) is 19.0 Å². The van der Waals surface area contributed by atoms with Crippen molar-refractivity contribution in [3.63, 3.8) is 0 Å².